The van der Waals surface area contributed by atoms with Gasteiger partial charge < -0.3 is 13.9 Å². The van der Waals surface area contributed by atoms with Crippen molar-refractivity contribution in [1.29, 1.82) is 0 Å². The number of piperazine rings is 1. The van der Waals surface area contributed by atoms with Gasteiger partial charge in [0, 0.05) is 50.1 Å². The van der Waals surface area contributed by atoms with Gasteiger partial charge in [-0.25, -0.2) is 0 Å². The Kier molecular flexibility index (Phi) is 7.18. The van der Waals surface area contributed by atoms with Gasteiger partial charge in [-0.15, -0.1) is 0 Å². The number of aryl methyl sites for hydroxylation is 3. The summed E-state index contributed by atoms with van der Waals surface area (Å²) in [6, 6.07) is 16.2. The van der Waals surface area contributed by atoms with Gasteiger partial charge in [-0.05, 0) is 18.9 Å². The molecule has 0 radical (unpaired) electrons. The van der Waals surface area contributed by atoms with Gasteiger partial charge >= 0.3 is 0 Å². The Balaban J connectivity index is 1.07. The molecule has 36 heavy (non-hydrogen) atoms. The van der Waals surface area contributed by atoms with Crippen molar-refractivity contribution in [3.8, 4) is 22.8 Å². The van der Waals surface area contributed by atoms with E-state index in [2.05, 4.69) is 44.2 Å². The number of rotatable bonds is 8. The molecule has 1 amide bonds. The quantitative estimate of drug-likeness (QED) is 0.369. The van der Waals surface area contributed by atoms with Crippen LogP contribution in [0.2, 0.25) is 0 Å². The molecule has 1 fully saturated rings. The van der Waals surface area contributed by atoms with Crippen LogP contribution in [-0.4, -0.2) is 62.2 Å². The summed E-state index contributed by atoms with van der Waals surface area (Å²) in [6.45, 7) is 7.58. The number of benzene rings is 2. The molecule has 0 unspecified atom stereocenters. The molecule has 9 heteroatoms. The van der Waals surface area contributed by atoms with E-state index in [1.807, 2.05) is 48.2 Å². The van der Waals surface area contributed by atoms with Gasteiger partial charge in [0.05, 0.1) is 6.54 Å². The molecular weight excluding hydrogens is 456 g/mol. The Hall–Kier alpha value is -3.85. The van der Waals surface area contributed by atoms with Gasteiger partial charge in [0.2, 0.25) is 29.3 Å². The summed E-state index contributed by atoms with van der Waals surface area (Å²) in [6.07, 6.45) is 1.77. The van der Waals surface area contributed by atoms with Crippen LogP contribution < -0.4 is 0 Å². The lowest BCUT2D eigenvalue weighted by Crippen LogP contribution is -2.48. The number of aromatic nitrogens is 4. The molecule has 2 aromatic carbocycles. The Labute approximate surface area is 210 Å². The van der Waals surface area contributed by atoms with Crippen LogP contribution in [0.15, 0.2) is 57.6 Å². The van der Waals surface area contributed by atoms with Crippen LogP contribution in [0, 0.1) is 6.92 Å². The Bertz CT molecular complexity index is 1290. The zero-order valence-corrected chi connectivity index (χ0v) is 20.7. The lowest BCUT2D eigenvalue weighted by atomic mass is 10.1. The van der Waals surface area contributed by atoms with E-state index in [1.165, 1.54) is 11.1 Å². The van der Waals surface area contributed by atoms with E-state index in [0.717, 1.165) is 30.6 Å². The molecule has 9 nitrogen and oxygen atoms in total. The third-order valence-electron chi connectivity index (χ3n) is 6.50. The first-order valence-electron chi connectivity index (χ1n) is 12.4. The maximum absolute atomic E-state index is 12.7. The van der Waals surface area contributed by atoms with E-state index in [-0.39, 0.29) is 5.91 Å². The van der Waals surface area contributed by atoms with Crippen molar-refractivity contribution in [2.45, 2.75) is 39.7 Å². The zero-order chi connectivity index (χ0) is 24.9. The molecule has 2 aromatic heterocycles. The van der Waals surface area contributed by atoms with Crippen molar-refractivity contribution < 1.29 is 13.8 Å². The first kappa shape index (κ1) is 23.9. The van der Waals surface area contributed by atoms with E-state index in [9.17, 15) is 4.79 Å². The Morgan fingerprint density at radius 2 is 1.42 bits per heavy atom. The Morgan fingerprint density at radius 3 is 2.06 bits per heavy atom. The highest BCUT2D eigenvalue weighted by molar-refractivity contribution is 5.76. The van der Waals surface area contributed by atoms with Crippen molar-refractivity contribution in [3.05, 3.63) is 71.4 Å². The molecule has 0 saturated carbocycles. The minimum Gasteiger partial charge on any atom is -0.340 e. The van der Waals surface area contributed by atoms with E-state index in [4.69, 9.17) is 9.05 Å². The first-order valence-corrected chi connectivity index (χ1v) is 12.4. The third-order valence-corrected chi connectivity index (χ3v) is 6.50. The summed E-state index contributed by atoms with van der Waals surface area (Å²) in [5, 5.41) is 8.18. The summed E-state index contributed by atoms with van der Waals surface area (Å²) in [7, 11) is 0. The topological polar surface area (TPSA) is 101 Å². The molecule has 1 saturated heterocycles. The SMILES string of the molecule is CCc1ccc(-c2noc(CCC(=O)N3CCN(Cc4nc(-c5ccc(C)cc5)no4)CC3)n2)cc1. The van der Waals surface area contributed by atoms with Crippen LogP contribution in [0.5, 0.6) is 0 Å². The molecule has 3 heterocycles. The highest BCUT2D eigenvalue weighted by Crippen LogP contribution is 2.19. The van der Waals surface area contributed by atoms with Gasteiger partial charge in [-0.3, -0.25) is 9.69 Å². The van der Waals surface area contributed by atoms with Crippen LogP contribution in [0.25, 0.3) is 22.8 Å². The zero-order valence-electron chi connectivity index (χ0n) is 20.7. The van der Waals surface area contributed by atoms with Gasteiger partial charge in [0.1, 0.15) is 0 Å². The average molecular weight is 487 g/mol. The standard InChI is InChI=1S/C27H30N6O3/c1-3-20-6-10-22(11-7-20)26-28-23(35-30-26)12-13-25(34)33-16-14-32(15-17-33)18-24-29-27(31-36-24)21-8-4-19(2)5-9-21/h4-11H,3,12-18H2,1-2H3. The predicted octanol–water partition coefficient (Wildman–Crippen LogP) is 3.93. The summed E-state index contributed by atoms with van der Waals surface area (Å²) < 4.78 is 10.8. The van der Waals surface area contributed by atoms with Crippen molar-refractivity contribution in [2.75, 3.05) is 26.2 Å². The number of hydrogen-bond acceptors (Lipinski definition) is 8. The number of nitrogens with zero attached hydrogens (tertiary/aromatic N) is 6. The molecule has 1 aliphatic heterocycles. The lowest BCUT2D eigenvalue weighted by Gasteiger charge is -2.33. The second-order valence-corrected chi connectivity index (χ2v) is 9.10. The highest BCUT2D eigenvalue weighted by Gasteiger charge is 2.23. The molecule has 5 rings (SSSR count). The van der Waals surface area contributed by atoms with Crippen LogP contribution in [-0.2, 0) is 24.2 Å². The fourth-order valence-electron chi connectivity index (χ4n) is 4.22. The number of hydrogen-bond donors (Lipinski definition) is 0. The van der Waals surface area contributed by atoms with Crippen molar-refractivity contribution in [3.63, 3.8) is 0 Å². The predicted molar refractivity (Wildman–Crippen MR) is 134 cm³/mol. The number of amides is 1. The lowest BCUT2D eigenvalue weighted by molar-refractivity contribution is -0.133. The van der Waals surface area contributed by atoms with E-state index < -0.39 is 0 Å². The second kappa shape index (κ2) is 10.8. The highest BCUT2D eigenvalue weighted by atomic mass is 16.5. The molecule has 1 aliphatic rings. The minimum atomic E-state index is 0.0983. The van der Waals surface area contributed by atoms with Gasteiger partial charge in [-0.1, -0.05) is 71.3 Å². The van der Waals surface area contributed by atoms with Crippen LogP contribution >= 0.6 is 0 Å². The van der Waals surface area contributed by atoms with Gasteiger partial charge in [-0.2, -0.15) is 9.97 Å². The van der Waals surface area contributed by atoms with Gasteiger partial charge in [0.15, 0.2) is 0 Å². The maximum atomic E-state index is 12.7. The van der Waals surface area contributed by atoms with E-state index in [1.54, 1.807) is 0 Å². The van der Waals surface area contributed by atoms with Crippen LogP contribution in [0.1, 0.15) is 36.3 Å². The summed E-state index contributed by atoms with van der Waals surface area (Å²) >= 11 is 0. The Morgan fingerprint density at radius 1 is 0.833 bits per heavy atom. The summed E-state index contributed by atoms with van der Waals surface area (Å²) in [5.41, 5.74) is 4.30. The molecule has 0 N–H and O–H groups in total. The van der Waals surface area contributed by atoms with Crippen molar-refractivity contribution in [1.82, 2.24) is 30.1 Å². The molecular formula is C27H30N6O3. The monoisotopic (exact) mass is 486 g/mol. The number of carbonyl (C=O) groups excluding carboxylic acids is 1. The number of carbonyl (C=O) groups is 1. The maximum Gasteiger partial charge on any atom is 0.241 e. The van der Waals surface area contributed by atoms with Gasteiger partial charge in [0.25, 0.3) is 0 Å². The van der Waals surface area contributed by atoms with Crippen LogP contribution in [0.3, 0.4) is 0 Å². The minimum absolute atomic E-state index is 0.0983. The second-order valence-electron chi connectivity index (χ2n) is 9.10. The fourth-order valence-corrected chi connectivity index (χ4v) is 4.22. The first-order chi connectivity index (χ1) is 17.6. The average Bonchev–Trinajstić information content (AvgIpc) is 3.58. The summed E-state index contributed by atoms with van der Waals surface area (Å²) in [5.74, 6) is 2.32. The van der Waals surface area contributed by atoms with Crippen LogP contribution in [0.4, 0.5) is 0 Å². The molecule has 0 aliphatic carbocycles. The molecule has 0 atom stereocenters. The summed E-state index contributed by atoms with van der Waals surface area (Å²) in [4.78, 5) is 25.9. The molecule has 0 spiro atoms. The fraction of sp³-hybridized carbons (Fsp3) is 0.370. The van der Waals surface area contributed by atoms with E-state index in [0.29, 0.717) is 55.9 Å². The largest absolute Gasteiger partial charge is 0.340 e. The van der Waals surface area contributed by atoms with Crippen molar-refractivity contribution >= 4 is 5.91 Å². The molecule has 0 bridgehead atoms. The molecule has 186 valence electrons. The van der Waals surface area contributed by atoms with Crippen molar-refractivity contribution in [2.24, 2.45) is 0 Å². The smallest absolute Gasteiger partial charge is 0.241 e. The van der Waals surface area contributed by atoms with E-state index >= 15 is 0 Å². The molecule has 4 aromatic rings. The third kappa shape index (κ3) is 5.68. The normalized spacial score (nSPS) is 14.3.